The molecule has 5 heteroatoms. The van der Waals surface area contributed by atoms with Crippen LogP contribution in [0.2, 0.25) is 0 Å². The Balaban J connectivity index is 3.12. The van der Waals surface area contributed by atoms with Gasteiger partial charge in [0.15, 0.2) is 5.60 Å². The maximum atomic E-state index is 11.3. The van der Waals surface area contributed by atoms with Crippen LogP contribution in [0.4, 0.5) is 0 Å². The summed E-state index contributed by atoms with van der Waals surface area (Å²) in [7, 11) is 0. The highest BCUT2D eigenvalue weighted by Gasteiger charge is 2.55. The quantitative estimate of drug-likeness (QED) is 0.678. The van der Waals surface area contributed by atoms with Gasteiger partial charge in [0.05, 0.1) is 5.92 Å². The van der Waals surface area contributed by atoms with E-state index in [1.165, 1.54) is 0 Å². The third-order valence-electron chi connectivity index (χ3n) is 3.73. The zero-order chi connectivity index (χ0) is 13.2. The Labute approximate surface area is 100 Å². The molecule has 0 radical (unpaired) electrons. The summed E-state index contributed by atoms with van der Waals surface area (Å²) in [5, 5.41) is 28.8. The largest absolute Gasteiger partial charge is 0.481 e. The number of carbonyl (C=O) groups is 2. The van der Waals surface area contributed by atoms with Gasteiger partial charge >= 0.3 is 11.9 Å². The second-order valence-electron chi connectivity index (χ2n) is 5.17. The molecule has 1 fully saturated rings. The first-order valence-corrected chi connectivity index (χ1v) is 6.00. The van der Waals surface area contributed by atoms with Gasteiger partial charge in [-0.1, -0.05) is 26.7 Å². The minimum absolute atomic E-state index is 0.422. The molecule has 0 amide bonds. The SMILES string of the molecule is CC(C)C(C(=O)O)C(O)(C(=O)O)C1CCCC1. The van der Waals surface area contributed by atoms with Crippen molar-refractivity contribution in [3.8, 4) is 0 Å². The summed E-state index contributed by atoms with van der Waals surface area (Å²) >= 11 is 0. The van der Waals surface area contributed by atoms with Crippen molar-refractivity contribution in [2.45, 2.75) is 45.1 Å². The van der Waals surface area contributed by atoms with E-state index < -0.39 is 35.3 Å². The molecule has 0 aromatic rings. The van der Waals surface area contributed by atoms with Crippen LogP contribution >= 0.6 is 0 Å². The van der Waals surface area contributed by atoms with Crippen LogP contribution in [0.15, 0.2) is 0 Å². The van der Waals surface area contributed by atoms with Gasteiger partial charge in [0.1, 0.15) is 0 Å². The van der Waals surface area contributed by atoms with Gasteiger partial charge < -0.3 is 15.3 Å². The molecule has 1 aliphatic carbocycles. The Morgan fingerprint density at radius 2 is 1.65 bits per heavy atom. The van der Waals surface area contributed by atoms with Gasteiger partial charge in [0, 0.05) is 0 Å². The lowest BCUT2D eigenvalue weighted by Crippen LogP contribution is -2.55. The molecule has 1 aliphatic rings. The van der Waals surface area contributed by atoms with Gasteiger partial charge in [-0.2, -0.15) is 0 Å². The molecule has 0 heterocycles. The molecule has 2 atom stereocenters. The molecule has 17 heavy (non-hydrogen) atoms. The summed E-state index contributed by atoms with van der Waals surface area (Å²) in [6.45, 7) is 3.25. The van der Waals surface area contributed by atoms with E-state index in [2.05, 4.69) is 0 Å². The van der Waals surface area contributed by atoms with Gasteiger partial charge in [0.25, 0.3) is 0 Å². The summed E-state index contributed by atoms with van der Waals surface area (Å²) in [4.78, 5) is 22.6. The third-order valence-corrected chi connectivity index (χ3v) is 3.73. The number of carboxylic acids is 2. The van der Waals surface area contributed by atoms with Gasteiger partial charge in [-0.05, 0) is 24.7 Å². The standard InChI is InChI=1S/C12H20O5/c1-7(2)9(10(13)14)12(17,11(15)16)8-5-3-4-6-8/h7-9,17H,3-6H2,1-2H3,(H,13,14)(H,15,16). The number of hydrogen-bond donors (Lipinski definition) is 3. The predicted octanol–water partition coefficient (Wildman–Crippen LogP) is 1.35. The van der Waals surface area contributed by atoms with Crippen LogP contribution < -0.4 is 0 Å². The molecule has 2 unspecified atom stereocenters. The minimum atomic E-state index is -2.14. The van der Waals surface area contributed by atoms with E-state index >= 15 is 0 Å². The normalized spacial score (nSPS) is 22.4. The van der Waals surface area contributed by atoms with Crippen molar-refractivity contribution in [2.24, 2.45) is 17.8 Å². The number of aliphatic carboxylic acids is 2. The summed E-state index contributed by atoms with van der Waals surface area (Å²) < 4.78 is 0. The maximum Gasteiger partial charge on any atom is 0.336 e. The predicted molar refractivity (Wildman–Crippen MR) is 60.5 cm³/mol. The van der Waals surface area contributed by atoms with Crippen LogP contribution in [0.5, 0.6) is 0 Å². The lowest BCUT2D eigenvalue weighted by Gasteiger charge is -2.36. The van der Waals surface area contributed by atoms with E-state index in [9.17, 15) is 19.8 Å². The molecule has 3 N–H and O–H groups in total. The van der Waals surface area contributed by atoms with Crippen LogP contribution in [0, 0.1) is 17.8 Å². The van der Waals surface area contributed by atoms with Gasteiger partial charge in [-0.3, -0.25) is 4.79 Å². The first kappa shape index (κ1) is 14.0. The van der Waals surface area contributed by atoms with Crippen LogP contribution in [-0.2, 0) is 9.59 Å². The highest BCUT2D eigenvalue weighted by Crippen LogP contribution is 2.41. The average Bonchev–Trinajstić information content (AvgIpc) is 2.68. The molecule has 1 rings (SSSR count). The van der Waals surface area contributed by atoms with Crippen LogP contribution in [0.3, 0.4) is 0 Å². The molecular weight excluding hydrogens is 224 g/mol. The molecule has 5 nitrogen and oxygen atoms in total. The Morgan fingerprint density at radius 3 is 1.94 bits per heavy atom. The van der Waals surface area contributed by atoms with Gasteiger partial charge in [-0.25, -0.2) is 4.79 Å². The van der Waals surface area contributed by atoms with Crippen molar-refractivity contribution < 1.29 is 24.9 Å². The molecule has 0 aliphatic heterocycles. The Morgan fingerprint density at radius 1 is 1.18 bits per heavy atom. The molecule has 0 saturated heterocycles. The zero-order valence-corrected chi connectivity index (χ0v) is 10.2. The van der Waals surface area contributed by atoms with Crippen molar-refractivity contribution in [3.63, 3.8) is 0 Å². The smallest absolute Gasteiger partial charge is 0.336 e. The van der Waals surface area contributed by atoms with Crippen molar-refractivity contribution in [3.05, 3.63) is 0 Å². The summed E-state index contributed by atoms with van der Waals surface area (Å²) in [6, 6.07) is 0. The van der Waals surface area contributed by atoms with Crippen LogP contribution in [0.1, 0.15) is 39.5 Å². The van der Waals surface area contributed by atoms with E-state index in [0.29, 0.717) is 12.8 Å². The topological polar surface area (TPSA) is 94.8 Å². The van der Waals surface area contributed by atoms with E-state index in [1.807, 2.05) is 0 Å². The lowest BCUT2D eigenvalue weighted by molar-refractivity contribution is -0.185. The molecule has 0 aromatic carbocycles. The third kappa shape index (κ3) is 2.44. The second kappa shape index (κ2) is 5.04. The Bertz CT molecular complexity index is 306. The summed E-state index contributed by atoms with van der Waals surface area (Å²) in [5.41, 5.74) is -2.14. The molecule has 1 saturated carbocycles. The number of carboxylic acid groups (broad SMARTS) is 2. The molecule has 98 valence electrons. The monoisotopic (exact) mass is 244 g/mol. The Hall–Kier alpha value is -1.10. The van der Waals surface area contributed by atoms with Gasteiger partial charge in [-0.15, -0.1) is 0 Å². The summed E-state index contributed by atoms with van der Waals surface area (Å²) in [6.07, 6.45) is 2.87. The van der Waals surface area contributed by atoms with E-state index in [4.69, 9.17) is 5.11 Å². The molecular formula is C12H20O5. The summed E-state index contributed by atoms with van der Waals surface area (Å²) in [5.74, 6) is -4.79. The number of hydrogen-bond acceptors (Lipinski definition) is 3. The highest BCUT2D eigenvalue weighted by molar-refractivity contribution is 5.86. The maximum absolute atomic E-state index is 11.3. The number of aliphatic hydroxyl groups is 1. The highest BCUT2D eigenvalue weighted by atomic mass is 16.4. The van der Waals surface area contributed by atoms with Gasteiger partial charge in [0.2, 0.25) is 0 Å². The van der Waals surface area contributed by atoms with Crippen LogP contribution in [-0.4, -0.2) is 32.9 Å². The average molecular weight is 244 g/mol. The second-order valence-corrected chi connectivity index (χ2v) is 5.17. The number of rotatable bonds is 5. The van der Waals surface area contributed by atoms with Crippen molar-refractivity contribution in [1.82, 2.24) is 0 Å². The first-order chi connectivity index (χ1) is 7.81. The Kier molecular flexibility index (Phi) is 4.14. The van der Waals surface area contributed by atoms with Crippen LogP contribution in [0.25, 0.3) is 0 Å². The molecule has 0 bridgehead atoms. The minimum Gasteiger partial charge on any atom is -0.481 e. The van der Waals surface area contributed by atoms with E-state index in [-0.39, 0.29) is 0 Å². The molecule has 0 spiro atoms. The zero-order valence-electron chi connectivity index (χ0n) is 10.2. The van der Waals surface area contributed by atoms with E-state index in [0.717, 1.165) is 12.8 Å². The fraction of sp³-hybridized carbons (Fsp3) is 0.833. The van der Waals surface area contributed by atoms with Crippen molar-refractivity contribution in [2.75, 3.05) is 0 Å². The first-order valence-electron chi connectivity index (χ1n) is 6.00. The fourth-order valence-electron chi connectivity index (χ4n) is 2.91. The van der Waals surface area contributed by atoms with Crippen molar-refractivity contribution in [1.29, 1.82) is 0 Å². The van der Waals surface area contributed by atoms with Crippen molar-refractivity contribution >= 4 is 11.9 Å². The molecule has 0 aromatic heterocycles. The van der Waals surface area contributed by atoms with E-state index in [1.54, 1.807) is 13.8 Å². The lowest BCUT2D eigenvalue weighted by atomic mass is 9.71. The fourth-order valence-corrected chi connectivity index (χ4v) is 2.91.